The van der Waals surface area contributed by atoms with Gasteiger partial charge >= 0.3 is 0 Å². The Morgan fingerprint density at radius 1 is 1.00 bits per heavy atom. The number of benzene rings is 2. The first-order chi connectivity index (χ1) is 13.6. The van der Waals surface area contributed by atoms with Crippen LogP contribution in [0.4, 0.5) is 27.6 Å². The van der Waals surface area contributed by atoms with E-state index >= 15 is 0 Å². The minimum atomic E-state index is -4.03. The van der Waals surface area contributed by atoms with Crippen LogP contribution in [0.25, 0.3) is 0 Å². The Bertz CT molecular complexity index is 1020. The van der Waals surface area contributed by atoms with E-state index in [0.717, 1.165) is 28.6 Å². The number of nitrogens with one attached hydrogen (secondary N) is 1. The fourth-order valence-corrected chi connectivity index (χ4v) is 4.56. The van der Waals surface area contributed by atoms with Gasteiger partial charge in [0.25, 0.3) is 0 Å². The molecule has 1 saturated heterocycles. The number of halogens is 5. The van der Waals surface area contributed by atoms with Gasteiger partial charge in [-0.25, -0.2) is 30.4 Å². The normalized spacial score (nSPS) is 17.9. The molecule has 5 nitrogen and oxygen atoms in total. The summed E-state index contributed by atoms with van der Waals surface area (Å²) >= 11 is 0. The number of carbonyl (C=O) groups excluding carboxylic acids is 1. The van der Waals surface area contributed by atoms with E-state index in [-0.39, 0.29) is 36.9 Å². The number of carbonyl (C=O) groups is 1. The van der Waals surface area contributed by atoms with Gasteiger partial charge in [0.05, 0.1) is 10.8 Å². The van der Waals surface area contributed by atoms with Crippen LogP contribution in [0.2, 0.25) is 0 Å². The minimum absolute atomic E-state index is 0.0118. The lowest BCUT2D eigenvalue weighted by Gasteiger charge is -2.31. The van der Waals surface area contributed by atoms with Crippen LogP contribution < -0.4 is 5.32 Å². The summed E-state index contributed by atoms with van der Waals surface area (Å²) < 4.78 is 93.5. The third-order valence-electron chi connectivity index (χ3n) is 4.57. The molecule has 1 aliphatic heterocycles. The van der Waals surface area contributed by atoms with E-state index in [1.54, 1.807) is 0 Å². The Morgan fingerprint density at radius 2 is 1.59 bits per heavy atom. The van der Waals surface area contributed by atoms with Crippen LogP contribution >= 0.6 is 0 Å². The number of rotatable bonds is 4. The second-order valence-corrected chi connectivity index (χ2v) is 8.43. The molecule has 1 amide bonds. The first-order valence-electron chi connectivity index (χ1n) is 8.51. The van der Waals surface area contributed by atoms with Gasteiger partial charge in [-0.2, -0.15) is 4.31 Å². The van der Waals surface area contributed by atoms with E-state index < -0.39 is 56.6 Å². The van der Waals surface area contributed by atoms with Crippen molar-refractivity contribution in [2.75, 3.05) is 18.4 Å². The zero-order valence-corrected chi connectivity index (χ0v) is 15.6. The maximum atomic E-state index is 13.8. The molecule has 1 atom stereocenters. The van der Waals surface area contributed by atoms with Gasteiger partial charge in [-0.15, -0.1) is 0 Å². The lowest BCUT2D eigenvalue weighted by molar-refractivity contribution is -0.120. The molecule has 11 heteroatoms. The van der Waals surface area contributed by atoms with Gasteiger partial charge < -0.3 is 5.32 Å². The summed E-state index contributed by atoms with van der Waals surface area (Å²) in [5.41, 5.74) is -1.27. The van der Waals surface area contributed by atoms with Crippen LogP contribution in [0.5, 0.6) is 0 Å². The van der Waals surface area contributed by atoms with Crippen LogP contribution in [0.3, 0.4) is 0 Å². The van der Waals surface area contributed by atoms with Crippen LogP contribution in [0, 0.1) is 35.0 Å². The summed E-state index contributed by atoms with van der Waals surface area (Å²) in [6.07, 6.45) is 0.462. The van der Waals surface area contributed by atoms with Gasteiger partial charge in [0.1, 0.15) is 11.5 Å². The summed E-state index contributed by atoms with van der Waals surface area (Å²) in [4.78, 5) is 12.2. The molecule has 1 aliphatic rings. The number of amides is 1. The lowest BCUT2D eigenvalue weighted by atomic mass is 9.98. The third-order valence-corrected chi connectivity index (χ3v) is 6.45. The van der Waals surface area contributed by atoms with Gasteiger partial charge in [0.15, 0.2) is 23.3 Å². The highest BCUT2D eigenvalue weighted by molar-refractivity contribution is 7.89. The molecule has 1 N–H and O–H groups in total. The molecule has 29 heavy (non-hydrogen) atoms. The monoisotopic (exact) mass is 434 g/mol. The van der Waals surface area contributed by atoms with E-state index in [9.17, 15) is 35.2 Å². The summed E-state index contributed by atoms with van der Waals surface area (Å²) in [6.45, 7) is -0.229. The summed E-state index contributed by atoms with van der Waals surface area (Å²) in [5.74, 6) is -9.48. The second kappa shape index (κ2) is 8.07. The van der Waals surface area contributed by atoms with Crippen molar-refractivity contribution in [3.05, 3.63) is 59.4 Å². The van der Waals surface area contributed by atoms with Crippen LogP contribution in [-0.4, -0.2) is 31.7 Å². The fourth-order valence-electron chi connectivity index (χ4n) is 3.04. The maximum absolute atomic E-state index is 13.8. The van der Waals surface area contributed by atoms with E-state index in [1.807, 2.05) is 5.32 Å². The number of sulfonamides is 1. The first kappa shape index (κ1) is 21.2. The molecule has 0 aromatic heterocycles. The Balaban J connectivity index is 1.79. The molecule has 2 aromatic carbocycles. The Hall–Kier alpha value is -2.53. The number of anilines is 1. The Morgan fingerprint density at radius 3 is 2.17 bits per heavy atom. The topological polar surface area (TPSA) is 66.5 Å². The zero-order chi connectivity index (χ0) is 21.3. The SMILES string of the molecule is O=C(Nc1c(F)c(F)cc(F)c1F)C1CCCN(S(=O)(=O)c2ccc(F)cc2)C1. The number of hydrogen-bond donors (Lipinski definition) is 1. The highest BCUT2D eigenvalue weighted by atomic mass is 32.2. The number of hydrogen-bond acceptors (Lipinski definition) is 3. The zero-order valence-electron chi connectivity index (χ0n) is 14.8. The van der Waals surface area contributed by atoms with Gasteiger partial charge in [-0.05, 0) is 37.1 Å². The molecule has 0 bridgehead atoms. The van der Waals surface area contributed by atoms with Crippen molar-refractivity contribution in [2.24, 2.45) is 5.92 Å². The number of piperidine rings is 1. The van der Waals surface area contributed by atoms with Crippen LogP contribution in [-0.2, 0) is 14.8 Å². The summed E-state index contributed by atoms with van der Waals surface area (Å²) in [6, 6.07) is 4.12. The molecule has 0 spiro atoms. The van der Waals surface area contributed by atoms with Crippen molar-refractivity contribution in [1.29, 1.82) is 0 Å². The highest BCUT2D eigenvalue weighted by Crippen LogP contribution is 2.28. The molecular formula is C18H15F5N2O3S. The van der Waals surface area contributed by atoms with Crippen LogP contribution in [0.1, 0.15) is 12.8 Å². The molecule has 156 valence electrons. The molecule has 0 radical (unpaired) electrons. The molecule has 0 saturated carbocycles. The van der Waals surface area contributed by atoms with Crippen molar-refractivity contribution in [3.63, 3.8) is 0 Å². The van der Waals surface area contributed by atoms with Crippen molar-refractivity contribution in [1.82, 2.24) is 4.31 Å². The first-order valence-corrected chi connectivity index (χ1v) is 9.95. The van der Waals surface area contributed by atoms with E-state index in [0.29, 0.717) is 0 Å². The predicted octanol–water partition coefficient (Wildman–Crippen LogP) is 3.42. The Labute approximate surface area is 163 Å². The van der Waals surface area contributed by atoms with Gasteiger partial charge in [-0.1, -0.05) is 0 Å². The minimum Gasteiger partial charge on any atom is -0.321 e. The van der Waals surface area contributed by atoms with Gasteiger partial charge in [0, 0.05) is 19.2 Å². The molecule has 2 aromatic rings. The molecule has 1 unspecified atom stereocenters. The van der Waals surface area contributed by atoms with Gasteiger partial charge in [-0.3, -0.25) is 4.79 Å². The largest absolute Gasteiger partial charge is 0.321 e. The van der Waals surface area contributed by atoms with E-state index in [2.05, 4.69) is 0 Å². The standard InChI is InChI=1S/C18H15F5N2O3S/c19-11-3-5-12(6-4-11)29(27,28)25-7-1-2-10(9-25)18(26)24-17-15(22)13(20)8-14(21)16(17)23/h3-6,8,10H,1-2,7,9H2,(H,24,26). The van der Waals surface area contributed by atoms with E-state index in [4.69, 9.17) is 0 Å². The van der Waals surface area contributed by atoms with Crippen molar-refractivity contribution >= 4 is 21.6 Å². The van der Waals surface area contributed by atoms with E-state index in [1.165, 1.54) is 0 Å². The summed E-state index contributed by atoms with van der Waals surface area (Å²) in [5, 5.41) is 1.81. The molecule has 1 heterocycles. The predicted molar refractivity (Wildman–Crippen MR) is 92.8 cm³/mol. The number of nitrogens with zero attached hydrogens (tertiary/aromatic N) is 1. The van der Waals surface area contributed by atoms with Crippen molar-refractivity contribution in [3.8, 4) is 0 Å². The molecular weight excluding hydrogens is 419 g/mol. The quantitative estimate of drug-likeness (QED) is 0.593. The smallest absolute Gasteiger partial charge is 0.243 e. The second-order valence-electron chi connectivity index (χ2n) is 6.49. The Kier molecular flexibility index (Phi) is 5.90. The van der Waals surface area contributed by atoms with Gasteiger partial charge in [0.2, 0.25) is 15.9 Å². The maximum Gasteiger partial charge on any atom is 0.243 e. The average molecular weight is 434 g/mol. The van der Waals surface area contributed by atoms with Crippen molar-refractivity contribution in [2.45, 2.75) is 17.7 Å². The van der Waals surface area contributed by atoms with Crippen molar-refractivity contribution < 1.29 is 35.2 Å². The third kappa shape index (κ3) is 4.25. The molecule has 0 aliphatic carbocycles. The average Bonchev–Trinajstić information content (AvgIpc) is 2.70. The summed E-state index contributed by atoms with van der Waals surface area (Å²) in [7, 11) is -4.03. The molecule has 1 fully saturated rings. The lowest BCUT2D eigenvalue weighted by Crippen LogP contribution is -2.43. The van der Waals surface area contributed by atoms with Crippen LogP contribution in [0.15, 0.2) is 35.2 Å². The fraction of sp³-hybridized carbons (Fsp3) is 0.278. The molecule has 3 rings (SSSR count). The highest BCUT2D eigenvalue weighted by Gasteiger charge is 2.34.